The van der Waals surface area contributed by atoms with Gasteiger partial charge in [-0.1, -0.05) is 12.1 Å². The van der Waals surface area contributed by atoms with Crippen molar-refractivity contribution in [2.45, 2.75) is 25.2 Å². The molecule has 4 heterocycles. The summed E-state index contributed by atoms with van der Waals surface area (Å²) in [6, 6.07) is 6.29. The minimum atomic E-state index is -0.360. The van der Waals surface area contributed by atoms with Gasteiger partial charge in [-0.05, 0) is 24.8 Å². The molecule has 1 unspecified atom stereocenters. The van der Waals surface area contributed by atoms with E-state index in [0.29, 0.717) is 18.8 Å². The molecule has 0 bridgehead atoms. The number of anilines is 1. The van der Waals surface area contributed by atoms with Crippen molar-refractivity contribution in [1.29, 1.82) is 0 Å². The summed E-state index contributed by atoms with van der Waals surface area (Å²) in [5.74, 6) is -0.0967. The van der Waals surface area contributed by atoms with Crippen LogP contribution < -0.4 is 15.5 Å². The van der Waals surface area contributed by atoms with Crippen molar-refractivity contribution in [3.8, 4) is 0 Å². The maximum atomic E-state index is 12.4. The van der Waals surface area contributed by atoms with E-state index in [4.69, 9.17) is 5.10 Å². The Morgan fingerprint density at radius 1 is 1.13 bits per heavy atom. The molecule has 8 nitrogen and oxygen atoms in total. The van der Waals surface area contributed by atoms with Crippen LogP contribution in [-0.2, 0) is 16.6 Å². The number of aromatic nitrogens is 2. The summed E-state index contributed by atoms with van der Waals surface area (Å²) >= 11 is 0. The van der Waals surface area contributed by atoms with Gasteiger partial charge in [0.05, 0.1) is 22.8 Å². The second-order valence-electron chi connectivity index (χ2n) is 8.84. The quantitative estimate of drug-likeness (QED) is 0.727. The number of nitrogens with zero attached hydrogens (tertiary/aromatic N) is 4. The number of piperazine rings is 1. The van der Waals surface area contributed by atoms with E-state index in [-0.39, 0.29) is 17.7 Å². The number of rotatable bonds is 4. The summed E-state index contributed by atoms with van der Waals surface area (Å²) in [5.41, 5.74) is 3.07. The van der Waals surface area contributed by atoms with Gasteiger partial charge >= 0.3 is 0 Å². The number of benzene rings is 1. The van der Waals surface area contributed by atoms with E-state index in [1.807, 2.05) is 11.7 Å². The van der Waals surface area contributed by atoms with Gasteiger partial charge in [0, 0.05) is 64.7 Å². The van der Waals surface area contributed by atoms with Gasteiger partial charge in [0.1, 0.15) is 0 Å². The number of aryl methyl sites for hydroxylation is 1. The van der Waals surface area contributed by atoms with Crippen LogP contribution in [-0.4, -0.2) is 72.3 Å². The number of nitrogens with one attached hydrogen (secondary N) is 2. The lowest BCUT2D eigenvalue weighted by atomic mass is 9.92. The highest BCUT2D eigenvalue weighted by Gasteiger charge is 2.33. The van der Waals surface area contributed by atoms with E-state index in [2.05, 4.69) is 38.6 Å². The number of para-hydroxylation sites is 1. The normalized spacial score (nSPS) is 25.8. The number of fused-ring (bicyclic) bond motifs is 1. The Hall–Kier alpha value is -2.45. The van der Waals surface area contributed by atoms with Crippen LogP contribution in [0.4, 0.5) is 5.69 Å². The van der Waals surface area contributed by atoms with Crippen LogP contribution in [0.3, 0.4) is 0 Å². The largest absolute Gasteiger partial charge is 0.369 e. The maximum absolute atomic E-state index is 12.4. The summed E-state index contributed by atoms with van der Waals surface area (Å²) in [5, 5.41) is 11.7. The van der Waals surface area contributed by atoms with Gasteiger partial charge in [0.2, 0.25) is 11.8 Å². The molecule has 1 aromatic carbocycles. The van der Waals surface area contributed by atoms with Gasteiger partial charge in [0.25, 0.3) is 0 Å². The van der Waals surface area contributed by atoms with Gasteiger partial charge < -0.3 is 15.1 Å². The molecular formula is C22H30N6O2. The SMILES string of the molecule is Cn1nc(C2CCC(=O)NC2=O)c2cccc(N3CC[C@@H](CN4CCNCC4)C3)c21. The smallest absolute Gasteiger partial charge is 0.235 e. The number of hydrogen-bond acceptors (Lipinski definition) is 6. The van der Waals surface area contributed by atoms with Gasteiger partial charge in [-0.2, -0.15) is 5.10 Å². The summed E-state index contributed by atoms with van der Waals surface area (Å²) < 4.78 is 1.91. The van der Waals surface area contributed by atoms with Crippen LogP contribution in [0, 0.1) is 5.92 Å². The Balaban J connectivity index is 1.39. The molecule has 0 spiro atoms. The van der Waals surface area contributed by atoms with Crippen LogP contribution in [0.5, 0.6) is 0 Å². The molecule has 3 aliphatic rings. The molecule has 3 aliphatic heterocycles. The minimum absolute atomic E-state index is 0.190. The Morgan fingerprint density at radius 3 is 2.77 bits per heavy atom. The van der Waals surface area contributed by atoms with Crippen molar-refractivity contribution in [3.05, 3.63) is 23.9 Å². The zero-order valence-electron chi connectivity index (χ0n) is 17.6. The summed E-state index contributed by atoms with van der Waals surface area (Å²) in [7, 11) is 1.95. The Labute approximate surface area is 176 Å². The van der Waals surface area contributed by atoms with Crippen LogP contribution in [0.2, 0.25) is 0 Å². The highest BCUT2D eigenvalue weighted by atomic mass is 16.2. The van der Waals surface area contributed by atoms with E-state index < -0.39 is 0 Å². The van der Waals surface area contributed by atoms with Crippen molar-refractivity contribution >= 4 is 28.4 Å². The van der Waals surface area contributed by atoms with E-state index in [1.165, 1.54) is 18.7 Å². The molecule has 1 aromatic heterocycles. The van der Waals surface area contributed by atoms with E-state index in [1.54, 1.807) is 0 Å². The number of carbonyl (C=O) groups excluding carboxylic acids is 2. The average Bonchev–Trinajstić information content (AvgIpc) is 3.34. The highest BCUT2D eigenvalue weighted by molar-refractivity contribution is 6.03. The Kier molecular flexibility index (Phi) is 5.20. The van der Waals surface area contributed by atoms with E-state index in [0.717, 1.165) is 55.9 Å². The summed E-state index contributed by atoms with van der Waals surface area (Å²) in [6.45, 7) is 7.74. The van der Waals surface area contributed by atoms with Crippen molar-refractivity contribution in [2.24, 2.45) is 13.0 Å². The number of piperidine rings is 1. The Morgan fingerprint density at radius 2 is 1.97 bits per heavy atom. The lowest BCUT2D eigenvalue weighted by molar-refractivity contribution is -0.134. The minimum Gasteiger partial charge on any atom is -0.369 e. The molecule has 0 aliphatic carbocycles. The Bertz CT molecular complexity index is 964. The summed E-state index contributed by atoms with van der Waals surface area (Å²) in [6.07, 6.45) is 2.10. The second kappa shape index (κ2) is 8.00. The molecule has 3 saturated heterocycles. The fourth-order valence-corrected chi connectivity index (χ4v) is 5.27. The molecular weight excluding hydrogens is 380 g/mol. The van der Waals surface area contributed by atoms with E-state index in [9.17, 15) is 9.59 Å². The van der Waals surface area contributed by atoms with E-state index >= 15 is 0 Å². The first-order valence-electron chi connectivity index (χ1n) is 11.1. The first-order valence-corrected chi connectivity index (χ1v) is 11.1. The van der Waals surface area contributed by atoms with Crippen molar-refractivity contribution in [3.63, 3.8) is 0 Å². The molecule has 2 N–H and O–H groups in total. The second-order valence-corrected chi connectivity index (χ2v) is 8.84. The van der Waals surface area contributed by atoms with Crippen LogP contribution >= 0.6 is 0 Å². The van der Waals surface area contributed by atoms with Crippen molar-refractivity contribution in [2.75, 3.05) is 50.7 Å². The number of carbonyl (C=O) groups is 2. The zero-order chi connectivity index (χ0) is 20.7. The topological polar surface area (TPSA) is 82.5 Å². The monoisotopic (exact) mass is 410 g/mol. The lowest BCUT2D eigenvalue weighted by Crippen LogP contribution is -2.45. The maximum Gasteiger partial charge on any atom is 0.235 e. The molecule has 160 valence electrons. The zero-order valence-corrected chi connectivity index (χ0v) is 17.6. The van der Waals surface area contributed by atoms with Crippen molar-refractivity contribution in [1.82, 2.24) is 25.3 Å². The van der Waals surface area contributed by atoms with Crippen LogP contribution in [0.15, 0.2) is 18.2 Å². The molecule has 2 amide bonds. The molecule has 8 heteroatoms. The third-order valence-corrected chi connectivity index (χ3v) is 6.79. The fourth-order valence-electron chi connectivity index (χ4n) is 5.27. The molecule has 0 radical (unpaired) electrons. The molecule has 30 heavy (non-hydrogen) atoms. The van der Waals surface area contributed by atoms with Gasteiger partial charge in [-0.25, -0.2) is 0 Å². The number of amides is 2. The molecule has 2 atom stereocenters. The predicted octanol–water partition coefficient (Wildman–Crippen LogP) is 0.825. The molecule has 0 saturated carbocycles. The van der Waals surface area contributed by atoms with Gasteiger partial charge in [-0.3, -0.25) is 19.6 Å². The molecule has 5 rings (SSSR count). The predicted molar refractivity (Wildman–Crippen MR) is 115 cm³/mol. The summed E-state index contributed by atoms with van der Waals surface area (Å²) in [4.78, 5) is 29.0. The van der Waals surface area contributed by atoms with Gasteiger partial charge in [0.15, 0.2) is 0 Å². The molecule has 2 aromatic rings. The number of hydrogen-bond donors (Lipinski definition) is 2. The van der Waals surface area contributed by atoms with Crippen molar-refractivity contribution < 1.29 is 9.59 Å². The third-order valence-electron chi connectivity index (χ3n) is 6.79. The number of imide groups is 1. The van der Waals surface area contributed by atoms with Gasteiger partial charge in [-0.15, -0.1) is 0 Å². The highest BCUT2D eigenvalue weighted by Crippen LogP contribution is 2.36. The standard InChI is InChI=1S/C22H30N6O2/c1-26-21-16(20(25-26)17-5-6-19(29)24-22(17)30)3-2-4-18(21)28-10-7-15(14-28)13-27-11-8-23-9-12-27/h2-4,15,17,23H,5-14H2,1H3,(H,24,29,30)/t15-,17?/m0/s1. The first kappa shape index (κ1) is 19.5. The fraction of sp³-hybridized carbons (Fsp3) is 0.591. The van der Waals surface area contributed by atoms with Crippen LogP contribution in [0.25, 0.3) is 10.9 Å². The third kappa shape index (κ3) is 3.58. The molecule has 3 fully saturated rings. The average molecular weight is 411 g/mol. The van der Waals surface area contributed by atoms with Crippen LogP contribution in [0.1, 0.15) is 30.9 Å². The lowest BCUT2D eigenvalue weighted by Gasteiger charge is -2.29. The first-order chi connectivity index (χ1) is 14.6.